The van der Waals surface area contributed by atoms with Crippen molar-refractivity contribution in [2.45, 2.75) is 97.4 Å². The summed E-state index contributed by atoms with van der Waals surface area (Å²) in [5.41, 5.74) is 6.62. The Morgan fingerprint density at radius 1 is 1.14 bits per heavy atom. The number of rotatable bonds is 15. The number of hydrogen-bond donors (Lipinski definition) is 3. The Bertz CT molecular complexity index is 1960. The molecular weight excluding hydrogens is 658 g/mol. The van der Waals surface area contributed by atoms with E-state index in [0.717, 1.165) is 49.5 Å². The van der Waals surface area contributed by atoms with E-state index in [-0.39, 0.29) is 41.6 Å². The largest absolute Gasteiger partial charge is 0.478 e. The Morgan fingerprint density at radius 2 is 1.88 bits per heavy atom. The Labute approximate surface area is 295 Å². The zero-order chi connectivity index (χ0) is 37.1. The quantitative estimate of drug-likeness (QED) is 0.0673. The highest BCUT2D eigenvalue weighted by molar-refractivity contribution is 5.89. The van der Waals surface area contributed by atoms with Crippen LogP contribution in [0.1, 0.15) is 88.7 Å². The van der Waals surface area contributed by atoms with Crippen molar-refractivity contribution < 1.29 is 19.4 Å². The SMILES string of the molecule is CC#CCn1c(N2CCC[C@@H](NC(=O)OC(C)(C)C)C2)nc2c1c(=O)n(Cc1nc(NCCCCCCCN=[N+]=[N-])ccc1C(=O)O)c(=O)n2C. The number of pyridine rings is 1. The second kappa shape index (κ2) is 17.4. The van der Waals surface area contributed by atoms with Crippen LogP contribution in [0, 0.1) is 11.8 Å². The number of carbonyl (C=O) groups excluding carboxylic acids is 1. The molecule has 4 rings (SSSR count). The van der Waals surface area contributed by atoms with Crippen LogP contribution in [0.4, 0.5) is 16.6 Å². The molecule has 51 heavy (non-hydrogen) atoms. The second-order valence-electron chi connectivity index (χ2n) is 13.4. The fourth-order valence-electron chi connectivity index (χ4n) is 5.96. The molecule has 0 radical (unpaired) electrons. The molecule has 3 aromatic heterocycles. The fourth-order valence-corrected chi connectivity index (χ4v) is 5.96. The molecule has 274 valence electrons. The number of unbranched alkanes of at least 4 members (excludes halogenated alkanes) is 4. The summed E-state index contributed by atoms with van der Waals surface area (Å²) in [4.78, 5) is 66.5. The van der Waals surface area contributed by atoms with Crippen LogP contribution >= 0.6 is 0 Å². The first-order valence-corrected chi connectivity index (χ1v) is 17.2. The minimum absolute atomic E-state index is 0.0517. The van der Waals surface area contributed by atoms with Crippen molar-refractivity contribution in [1.29, 1.82) is 0 Å². The van der Waals surface area contributed by atoms with Gasteiger partial charge in [-0.2, -0.15) is 4.98 Å². The second-order valence-corrected chi connectivity index (χ2v) is 13.4. The molecule has 3 N–H and O–H groups in total. The Kier molecular flexibility index (Phi) is 13.1. The summed E-state index contributed by atoms with van der Waals surface area (Å²) in [5, 5.41) is 19.6. The van der Waals surface area contributed by atoms with Gasteiger partial charge in [0.05, 0.1) is 24.3 Å². The van der Waals surface area contributed by atoms with Crippen LogP contribution < -0.4 is 26.8 Å². The maximum absolute atomic E-state index is 14.2. The maximum atomic E-state index is 14.2. The van der Waals surface area contributed by atoms with Crippen molar-refractivity contribution in [3.05, 3.63) is 54.7 Å². The Morgan fingerprint density at radius 3 is 2.59 bits per heavy atom. The topological polar surface area (TPSA) is 214 Å². The molecule has 17 nitrogen and oxygen atoms in total. The maximum Gasteiger partial charge on any atom is 0.407 e. The lowest BCUT2D eigenvalue weighted by atomic mass is 10.1. The molecule has 1 saturated heterocycles. The first-order chi connectivity index (χ1) is 24.3. The van der Waals surface area contributed by atoms with E-state index in [1.165, 1.54) is 17.7 Å². The number of imidazole rings is 1. The number of hydrogen-bond acceptors (Lipinski definition) is 10. The lowest BCUT2D eigenvalue weighted by Gasteiger charge is -2.34. The molecule has 4 heterocycles. The molecule has 1 fully saturated rings. The zero-order valence-corrected chi connectivity index (χ0v) is 29.9. The van der Waals surface area contributed by atoms with Gasteiger partial charge in [0.25, 0.3) is 5.56 Å². The number of alkyl carbamates (subject to hydrolysis) is 1. The molecule has 3 aromatic rings. The monoisotopic (exact) mass is 705 g/mol. The molecule has 0 unspecified atom stereocenters. The van der Waals surface area contributed by atoms with E-state index in [1.807, 2.05) is 4.90 Å². The number of aryl methyl sites for hydroxylation is 1. The number of piperidine rings is 1. The van der Waals surface area contributed by atoms with Crippen molar-refractivity contribution in [3.8, 4) is 11.8 Å². The summed E-state index contributed by atoms with van der Waals surface area (Å²) < 4.78 is 9.35. The van der Waals surface area contributed by atoms with Gasteiger partial charge in [-0.15, -0.1) is 5.92 Å². The van der Waals surface area contributed by atoms with Crippen LogP contribution in [-0.4, -0.2) is 78.7 Å². The van der Waals surface area contributed by atoms with Crippen LogP contribution in [0.15, 0.2) is 26.8 Å². The number of fused-ring (bicyclic) bond motifs is 1. The van der Waals surface area contributed by atoms with Gasteiger partial charge in [0.1, 0.15) is 11.4 Å². The van der Waals surface area contributed by atoms with Crippen LogP contribution in [-0.2, 0) is 24.9 Å². The zero-order valence-electron chi connectivity index (χ0n) is 29.9. The highest BCUT2D eigenvalue weighted by Crippen LogP contribution is 2.24. The first kappa shape index (κ1) is 38.3. The standard InChI is InChI=1S/C34H47N11O6/c1-6-7-20-44-27-28(40-31(44)43-19-13-14-23(21-43)38-32(49)51-34(2,3)4)42(5)33(50)45(29(27)46)22-25-24(30(47)48)15-16-26(39-25)36-17-11-9-8-10-12-18-37-41-35/h15-16,23H,8-14,17-22H2,1-5H3,(H,36,39)(H,38,49)(H,47,48)/t23-/m1/s1. The summed E-state index contributed by atoms with van der Waals surface area (Å²) in [6.45, 7) is 8.87. The van der Waals surface area contributed by atoms with E-state index in [4.69, 9.17) is 15.3 Å². The molecule has 0 aromatic carbocycles. The van der Waals surface area contributed by atoms with Crippen LogP contribution in [0.5, 0.6) is 0 Å². The molecule has 0 spiro atoms. The average molecular weight is 706 g/mol. The molecule has 1 aliphatic rings. The third-order valence-electron chi connectivity index (χ3n) is 8.37. The van der Waals surface area contributed by atoms with Gasteiger partial charge in [-0.05, 0) is 71.0 Å². The number of ether oxygens (including phenoxy) is 1. The van der Waals surface area contributed by atoms with E-state index < -0.39 is 28.9 Å². The Balaban J connectivity index is 1.63. The third-order valence-corrected chi connectivity index (χ3v) is 8.37. The lowest BCUT2D eigenvalue weighted by molar-refractivity contribution is 0.0499. The average Bonchev–Trinajstić information content (AvgIpc) is 3.46. The van der Waals surface area contributed by atoms with Crippen molar-refractivity contribution in [2.24, 2.45) is 12.2 Å². The van der Waals surface area contributed by atoms with Gasteiger partial charge in [-0.3, -0.25) is 18.5 Å². The van der Waals surface area contributed by atoms with Crippen molar-refractivity contribution in [2.75, 3.05) is 36.4 Å². The number of nitrogens with zero attached hydrogens (tertiary/aromatic N) is 9. The van der Waals surface area contributed by atoms with Crippen LogP contribution in [0.3, 0.4) is 0 Å². The van der Waals surface area contributed by atoms with Gasteiger partial charge in [0.2, 0.25) is 5.95 Å². The minimum Gasteiger partial charge on any atom is -0.478 e. The van der Waals surface area contributed by atoms with Crippen molar-refractivity contribution in [3.63, 3.8) is 0 Å². The number of nitrogens with one attached hydrogen (secondary N) is 2. The van der Waals surface area contributed by atoms with Crippen LogP contribution in [0.25, 0.3) is 21.6 Å². The highest BCUT2D eigenvalue weighted by atomic mass is 16.6. The molecule has 0 saturated carbocycles. The third kappa shape index (κ3) is 10.0. The van der Waals surface area contributed by atoms with Gasteiger partial charge in [-0.1, -0.05) is 30.3 Å². The highest BCUT2D eigenvalue weighted by Gasteiger charge is 2.29. The van der Waals surface area contributed by atoms with Gasteiger partial charge < -0.3 is 25.4 Å². The number of carboxylic acid groups (broad SMARTS) is 1. The summed E-state index contributed by atoms with van der Waals surface area (Å²) in [7, 11) is 1.51. The molecule has 0 aliphatic carbocycles. The number of aromatic carboxylic acids is 1. The van der Waals surface area contributed by atoms with Gasteiger partial charge in [-0.25, -0.2) is 19.4 Å². The molecule has 1 atom stereocenters. The van der Waals surface area contributed by atoms with E-state index in [9.17, 15) is 24.3 Å². The van der Waals surface area contributed by atoms with Gasteiger partial charge in [0.15, 0.2) is 11.2 Å². The molecular formula is C34H47N11O6. The summed E-state index contributed by atoms with van der Waals surface area (Å²) in [6, 6.07) is 2.73. The predicted octanol–water partition coefficient (Wildman–Crippen LogP) is 4.23. The minimum atomic E-state index is -1.24. The Hall–Kier alpha value is -5.49. The first-order valence-electron chi connectivity index (χ1n) is 17.2. The van der Waals surface area contributed by atoms with E-state index >= 15 is 0 Å². The van der Waals surface area contributed by atoms with Gasteiger partial charge >= 0.3 is 17.8 Å². The number of carboxylic acids is 1. The normalized spacial score (nSPS) is 14.4. The number of anilines is 2. The summed E-state index contributed by atoms with van der Waals surface area (Å²) in [6.07, 6.45) is 5.51. The summed E-state index contributed by atoms with van der Waals surface area (Å²) in [5.74, 6) is 5.48. The molecule has 0 bridgehead atoms. The smallest absolute Gasteiger partial charge is 0.407 e. The number of azide groups is 1. The van der Waals surface area contributed by atoms with Crippen molar-refractivity contribution >= 4 is 35.0 Å². The van der Waals surface area contributed by atoms with E-state index in [0.29, 0.717) is 37.9 Å². The predicted molar refractivity (Wildman–Crippen MR) is 193 cm³/mol. The van der Waals surface area contributed by atoms with Crippen LogP contribution in [0.2, 0.25) is 0 Å². The fraction of sp³-hybridized carbons (Fsp3) is 0.588. The summed E-state index contributed by atoms with van der Waals surface area (Å²) >= 11 is 0. The molecule has 17 heteroatoms. The van der Waals surface area contributed by atoms with E-state index in [2.05, 4.69) is 37.5 Å². The van der Waals surface area contributed by atoms with Gasteiger partial charge in [0, 0.05) is 44.2 Å². The number of carbonyl (C=O) groups is 2. The van der Waals surface area contributed by atoms with E-state index in [1.54, 1.807) is 38.3 Å². The number of aromatic nitrogens is 5. The van der Waals surface area contributed by atoms with Crippen molar-refractivity contribution in [1.82, 2.24) is 29.0 Å². The molecule has 1 aliphatic heterocycles. The number of amides is 1. The lowest BCUT2D eigenvalue weighted by Crippen LogP contribution is -2.49. The molecule has 1 amide bonds.